The van der Waals surface area contributed by atoms with Gasteiger partial charge in [-0.15, -0.1) is 10.2 Å². The molecule has 9 heteroatoms. The largest absolute Gasteiger partial charge is 0.480 e. The highest BCUT2D eigenvalue weighted by Crippen LogP contribution is 2.27. The second kappa shape index (κ2) is 5.78. The van der Waals surface area contributed by atoms with E-state index in [1.54, 1.807) is 18.3 Å². The molecule has 0 saturated carbocycles. The highest BCUT2D eigenvalue weighted by atomic mass is 32.2. The second-order valence-electron chi connectivity index (χ2n) is 4.92. The van der Waals surface area contributed by atoms with Crippen molar-refractivity contribution in [3.63, 3.8) is 0 Å². The molecule has 0 spiro atoms. The molecular formula is C12H17N5O3S. The normalized spacial score (nSPS) is 11.9. The zero-order valence-electron chi connectivity index (χ0n) is 12.0. The first-order valence-corrected chi connectivity index (χ1v) is 7.84. The van der Waals surface area contributed by atoms with Gasteiger partial charge in [-0.05, 0) is 18.1 Å². The van der Waals surface area contributed by atoms with Crippen LogP contribution >= 0.6 is 0 Å². The van der Waals surface area contributed by atoms with Crippen LogP contribution in [0.1, 0.15) is 13.8 Å². The van der Waals surface area contributed by atoms with Gasteiger partial charge in [0, 0.05) is 12.7 Å². The maximum Gasteiger partial charge on any atom is 0.273 e. The fourth-order valence-corrected chi connectivity index (χ4v) is 2.57. The smallest absolute Gasteiger partial charge is 0.273 e. The zero-order chi connectivity index (χ0) is 15.6. The lowest BCUT2D eigenvalue weighted by Gasteiger charge is -2.12. The maximum absolute atomic E-state index is 11.6. The van der Waals surface area contributed by atoms with Crippen molar-refractivity contribution in [3.05, 3.63) is 18.3 Å². The SMILES string of the molecule is COc1ncccc1-c1nnc(S(N)(=O)=O)n1CC(C)C. The Labute approximate surface area is 123 Å². The molecule has 2 rings (SSSR count). The van der Waals surface area contributed by atoms with Gasteiger partial charge in [0.1, 0.15) is 0 Å². The van der Waals surface area contributed by atoms with Crippen molar-refractivity contribution in [3.8, 4) is 17.3 Å². The van der Waals surface area contributed by atoms with E-state index in [-0.39, 0.29) is 11.1 Å². The number of hydrogen-bond donors (Lipinski definition) is 1. The highest BCUT2D eigenvalue weighted by Gasteiger charge is 2.24. The molecule has 0 aromatic carbocycles. The summed E-state index contributed by atoms with van der Waals surface area (Å²) in [5, 5.41) is 12.6. The van der Waals surface area contributed by atoms with Gasteiger partial charge in [0.05, 0.1) is 12.7 Å². The van der Waals surface area contributed by atoms with Crippen molar-refractivity contribution in [2.45, 2.75) is 25.5 Å². The number of rotatable bonds is 5. The summed E-state index contributed by atoms with van der Waals surface area (Å²) in [7, 11) is -2.48. The molecule has 0 radical (unpaired) electrons. The van der Waals surface area contributed by atoms with Gasteiger partial charge in [-0.1, -0.05) is 13.8 Å². The van der Waals surface area contributed by atoms with Gasteiger partial charge in [0.2, 0.25) is 5.88 Å². The Kier molecular flexibility index (Phi) is 4.24. The zero-order valence-corrected chi connectivity index (χ0v) is 12.8. The minimum atomic E-state index is -3.96. The minimum Gasteiger partial charge on any atom is -0.480 e. The molecule has 2 aromatic rings. The first-order valence-electron chi connectivity index (χ1n) is 6.30. The van der Waals surface area contributed by atoms with Crippen LogP contribution in [0.3, 0.4) is 0 Å². The van der Waals surface area contributed by atoms with Crippen molar-refractivity contribution in [1.29, 1.82) is 0 Å². The number of pyridine rings is 1. The fourth-order valence-electron chi connectivity index (χ4n) is 1.95. The number of sulfonamides is 1. The van der Waals surface area contributed by atoms with E-state index in [4.69, 9.17) is 9.88 Å². The summed E-state index contributed by atoms with van der Waals surface area (Å²) in [4.78, 5) is 4.08. The van der Waals surface area contributed by atoms with Crippen LogP contribution in [0.15, 0.2) is 23.5 Å². The molecule has 0 aliphatic carbocycles. The first kappa shape index (κ1) is 15.4. The van der Waals surface area contributed by atoms with E-state index in [0.717, 1.165) is 0 Å². The van der Waals surface area contributed by atoms with Crippen LogP contribution in [0.4, 0.5) is 0 Å². The number of nitrogens with two attached hydrogens (primary N) is 1. The van der Waals surface area contributed by atoms with Crippen LogP contribution < -0.4 is 9.88 Å². The van der Waals surface area contributed by atoms with E-state index >= 15 is 0 Å². The number of nitrogens with zero attached hydrogens (tertiary/aromatic N) is 4. The standard InChI is InChI=1S/C12H17N5O3S/c1-8(2)7-17-10(15-16-12(17)21(13,18)19)9-5-4-6-14-11(9)20-3/h4-6,8H,7H2,1-3H3,(H2,13,18,19). The molecule has 0 aliphatic rings. The quantitative estimate of drug-likeness (QED) is 0.867. The third-order valence-corrected chi connectivity index (χ3v) is 3.54. The number of primary sulfonamides is 1. The average Bonchev–Trinajstić information content (AvgIpc) is 2.81. The van der Waals surface area contributed by atoms with Gasteiger partial charge in [-0.3, -0.25) is 4.57 Å². The van der Waals surface area contributed by atoms with Crippen LogP contribution in [0.25, 0.3) is 11.4 Å². The molecule has 114 valence electrons. The Morgan fingerprint density at radius 3 is 2.67 bits per heavy atom. The molecule has 2 aromatic heterocycles. The van der Waals surface area contributed by atoms with Crippen molar-refractivity contribution < 1.29 is 13.2 Å². The molecule has 21 heavy (non-hydrogen) atoms. The summed E-state index contributed by atoms with van der Waals surface area (Å²) in [6.07, 6.45) is 1.58. The molecular weight excluding hydrogens is 294 g/mol. The van der Waals surface area contributed by atoms with Gasteiger partial charge in [-0.2, -0.15) is 0 Å². The lowest BCUT2D eigenvalue weighted by molar-refractivity contribution is 0.398. The number of methoxy groups -OCH3 is 1. The Bertz CT molecular complexity index is 739. The molecule has 2 heterocycles. The molecule has 0 unspecified atom stereocenters. The predicted octanol–water partition coefficient (Wildman–Crippen LogP) is 0.652. The molecule has 0 fully saturated rings. The van der Waals surface area contributed by atoms with E-state index < -0.39 is 10.0 Å². The Morgan fingerprint density at radius 2 is 2.10 bits per heavy atom. The number of ether oxygens (including phenoxy) is 1. The van der Waals surface area contributed by atoms with Crippen LogP contribution in [0, 0.1) is 5.92 Å². The van der Waals surface area contributed by atoms with E-state index in [1.165, 1.54) is 11.7 Å². The fraction of sp³-hybridized carbons (Fsp3) is 0.417. The monoisotopic (exact) mass is 311 g/mol. The summed E-state index contributed by atoms with van der Waals surface area (Å²) in [5.41, 5.74) is 0.558. The Morgan fingerprint density at radius 1 is 1.38 bits per heavy atom. The van der Waals surface area contributed by atoms with Crippen molar-refractivity contribution in [2.24, 2.45) is 11.1 Å². The van der Waals surface area contributed by atoms with Gasteiger partial charge in [0.15, 0.2) is 5.82 Å². The van der Waals surface area contributed by atoms with Crippen molar-refractivity contribution >= 4 is 10.0 Å². The molecule has 0 atom stereocenters. The van der Waals surface area contributed by atoms with E-state index in [0.29, 0.717) is 23.8 Å². The van der Waals surface area contributed by atoms with E-state index in [1.807, 2.05) is 13.8 Å². The third kappa shape index (κ3) is 3.19. The van der Waals surface area contributed by atoms with Crippen LogP contribution in [-0.2, 0) is 16.6 Å². The summed E-state index contributed by atoms with van der Waals surface area (Å²) in [5.74, 6) is 0.886. The lowest BCUT2D eigenvalue weighted by Crippen LogP contribution is -2.20. The van der Waals surface area contributed by atoms with Crippen LogP contribution in [0.5, 0.6) is 5.88 Å². The van der Waals surface area contributed by atoms with Gasteiger partial charge in [0.25, 0.3) is 15.2 Å². The summed E-state index contributed by atoms with van der Waals surface area (Å²) in [6, 6.07) is 3.45. The molecule has 0 amide bonds. The molecule has 8 nitrogen and oxygen atoms in total. The van der Waals surface area contributed by atoms with Crippen molar-refractivity contribution in [1.82, 2.24) is 19.7 Å². The molecule has 2 N–H and O–H groups in total. The highest BCUT2D eigenvalue weighted by molar-refractivity contribution is 7.89. The van der Waals surface area contributed by atoms with Crippen LogP contribution in [0.2, 0.25) is 0 Å². The van der Waals surface area contributed by atoms with Crippen molar-refractivity contribution in [2.75, 3.05) is 7.11 Å². The van der Waals surface area contributed by atoms with E-state index in [2.05, 4.69) is 15.2 Å². The Balaban J connectivity index is 2.67. The summed E-state index contributed by atoms with van der Waals surface area (Å²) >= 11 is 0. The van der Waals surface area contributed by atoms with E-state index in [9.17, 15) is 8.42 Å². The molecule has 0 bridgehead atoms. The molecule has 0 aliphatic heterocycles. The lowest BCUT2D eigenvalue weighted by atomic mass is 10.2. The number of hydrogen-bond acceptors (Lipinski definition) is 6. The average molecular weight is 311 g/mol. The van der Waals surface area contributed by atoms with Gasteiger partial charge < -0.3 is 4.74 Å². The minimum absolute atomic E-state index is 0.183. The second-order valence-corrected chi connectivity index (χ2v) is 6.37. The van der Waals surface area contributed by atoms with Crippen LogP contribution in [-0.4, -0.2) is 35.3 Å². The third-order valence-electron chi connectivity index (χ3n) is 2.72. The topological polar surface area (TPSA) is 113 Å². The summed E-state index contributed by atoms with van der Waals surface area (Å²) < 4.78 is 29.9. The van der Waals surface area contributed by atoms with Gasteiger partial charge >= 0.3 is 0 Å². The van der Waals surface area contributed by atoms with Gasteiger partial charge in [-0.25, -0.2) is 18.5 Å². The predicted molar refractivity (Wildman–Crippen MR) is 76.0 cm³/mol. The maximum atomic E-state index is 11.6. The first-order chi connectivity index (χ1) is 9.84. The Hall–Kier alpha value is -2.00. The molecule has 0 saturated heterocycles. The summed E-state index contributed by atoms with van der Waals surface area (Å²) in [6.45, 7) is 4.32. The number of aromatic nitrogens is 4.